The topological polar surface area (TPSA) is 44.0 Å². The fourth-order valence-corrected chi connectivity index (χ4v) is 2.23. The van der Waals surface area contributed by atoms with Gasteiger partial charge in [-0.05, 0) is 51.4 Å². The van der Waals surface area contributed by atoms with Gasteiger partial charge in [0.1, 0.15) is 0 Å². The zero-order chi connectivity index (χ0) is 9.84. The van der Waals surface area contributed by atoms with Crippen molar-refractivity contribution in [2.45, 2.75) is 45.6 Å². The Hall–Kier alpha value is -0.550. The van der Waals surface area contributed by atoms with Gasteiger partial charge >= 0.3 is 0 Å². The fourth-order valence-electron chi connectivity index (χ4n) is 2.23. The van der Waals surface area contributed by atoms with Crippen LogP contribution in [0.4, 0.5) is 0 Å². The highest BCUT2D eigenvalue weighted by Gasteiger charge is 2.27. The fraction of sp³-hybridized carbons (Fsp3) is 0.909. The number of aliphatic hydroxyl groups is 1. The maximum atomic E-state index is 9.39. The summed E-state index contributed by atoms with van der Waals surface area (Å²) in [5.41, 5.74) is 0. The normalized spacial score (nSPS) is 33.4. The Labute approximate surface area is 80.6 Å². The van der Waals surface area contributed by atoms with Crippen LogP contribution in [0.15, 0.2) is 0 Å². The van der Waals surface area contributed by atoms with Crippen molar-refractivity contribution in [1.82, 2.24) is 0 Å². The minimum absolute atomic E-state index is 0.168. The van der Waals surface area contributed by atoms with E-state index in [1.165, 1.54) is 0 Å². The Morgan fingerprint density at radius 1 is 1.15 bits per heavy atom. The van der Waals surface area contributed by atoms with Crippen molar-refractivity contribution in [2.75, 3.05) is 0 Å². The van der Waals surface area contributed by atoms with Crippen LogP contribution >= 0.6 is 0 Å². The van der Waals surface area contributed by atoms with Gasteiger partial charge in [-0.15, -0.1) is 0 Å². The summed E-state index contributed by atoms with van der Waals surface area (Å²) in [6, 6.07) is 2.32. The van der Waals surface area contributed by atoms with E-state index in [0.717, 1.165) is 25.7 Å². The number of rotatable bonds is 2. The van der Waals surface area contributed by atoms with Gasteiger partial charge in [0.15, 0.2) is 0 Å². The first-order valence-corrected chi connectivity index (χ1v) is 5.22. The third-order valence-electron chi connectivity index (χ3n) is 3.41. The molecule has 0 radical (unpaired) electrons. The number of nitriles is 1. The van der Waals surface area contributed by atoms with Crippen LogP contribution in [0.5, 0.6) is 0 Å². The highest BCUT2D eigenvalue weighted by molar-refractivity contribution is 4.88. The molecule has 2 nitrogen and oxygen atoms in total. The standard InChI is InChI=1S/C11H19NO/c1-8(7-12)10-3-5-11(6-4-10)9(2)13/h8-11,13H,3-6H2,1-2H3. The van der Waals surface area contributed by atoms with E-state index in [4.69, 9.17) is 5.26 Å². The van der Waals surface area contributed by atoms with Crippen LogP contribution in [0.3, 0.4) is 0 Å². The van der Waals surface area contributed by atoms with Gasteiger partial charge in [-0.3, -0.25) is 0 Å². The summed E-state index contributed by atoms with van der Waals surface area (Å²) in [6.45, 7) is 3.88. The smallest absolute Gasteiger partial charge is 0.0655 e. The molecule has 1 aliphatic rings. The summed E-state index contributed by atoms with van der Waals surface area (Å²) in [5.74, 6) is 1.23. The van der Waals surface area contributed by atoms with E-state index in [1.54, 1.807) is 0 Å². The monoisotopic (exact) mass is 181 g/mol. The van der Waals surface area contributed by atoms with Gasteiger partial charge in [0.25, 0.3) is 0 Å². The molecule has 0 saturated heterocycles. The van der Waals surface area contributed by atoms with Crippen LogP contribution in [0.1, 0.15) is 39.5 Å². The van der Waals surface area contributed by atoms with E-state index in [-0.39, 0.29) is 12.0 Å². The predicted molar refractivity (Wildman–Crippen MR) is 51.9 cm³/mol. The molecule has 0 aromatic rings. The van der Waals surface area contributed by atoms with E-state index in [1.807, 2.05) is 13.8 Å². The third-order valence-corrected chi connectivity index (χ3v) is 3.41. The average molecular weight is 181 g/mol. The maximum Gasteiger partial charge on any atom is 0.0655 e. The zero-order valence-electron chi connectivity index (χ0n) is 8.53. The molecule has 2 atom stereocenters. The molecule has 1 aliphatic carbocycles. The van der Waals surface area contributed by atoms with Gasteiger partial charge in [0.2, 0.25) is 0 Å². The van der Waals surface area contributed by atoms with Crippen LogP contribution in [-0.2, 0) is 0 Å². The molecule has 0 aromatic heterocycles. The van der Waals surface area contributed by atoms with Crippen molar-refractivity contribution in [2.24, 2.45) is 17.8 Å². The first-order chi connectivity index (χ1) is 6.15. The summed E-state index contributed by atoms with van der Waals surface area (Å²) >= 11 is 0. The van der Waals surface area contributed by atoms with Crippen molar-refractivity contribution in [3.05, 3.63) is 0 Å². The first kappa shape index (κ1) is 10.5. The Kier molecular flexibility index (Phi) is 3.74. The van der Waals surface area contributed by atoms with Gasteiger partial charge in [-0.1, -0.05) is 0 Å². The summed E-state index contributed by atoms with van der Waals surface area (Å²) < 4.78 is 0. The van der Waals surface area contributed by atoms with E-state index < -0.39 is 0 Å². The summed E-state index contributed by atoms with van der Waals surface area (Å²) in [4.78, 5) is 0. The minimum atomic E-state index is -0.168. The molecule has 1 saturated carbocycles. The number of nitrogens with zero attached hydrogens (tertiary/aromatic N) is 1. The van der Waals surface area contributed by atoms with E-state index in [2.05, 4.69) is 6.07 Å². The summed E-state index contributed by atoms with van der Waals surface area (Å²) in [5, 5.41) is 18.2. The molecule has 2 heteroatoms. The summed E-state index contributed by atoms with van der Waals surface area (Å²) in [6.07, 6.45) is 4.25. The molecule has 0 spiro atoms. The number of hydrogen-bond acceptors (Lipinski definition) is 2. The minimum Gasteiger partial charge on any atom is -0.393 e. The Balaban J connectivity index is 2.35. The van der Waals surface area contributed by atoms with Crippen molar-refractivity contribution >= 4 is 0 Å². The molecule has 0 aromatic carbocycles. The molecule has 2 unspecified atom stereocenters. The SMILES string of the molecule is CC(O)C1CCC(C(C)C#N)CC1. The second kappa shape index (κ2) is 4.62. The van der Waals surface area contributed by atoms with Gasteiger partial charge < -0.3 is 5.11 Å². The van der Waals surface area contributed by atoms with Gasteiger partial charge in [0, 0.05) is 5.92 Å². The molecule has 0 amide bonds. The highest BCUT2D eigenvalue weighted by Crippen LogP contribution is 2.34. The molecule has 13 heavy (non-hydrogen) atoms. The molecule has 0 bridgehead atoms. The average Bonchev–Trinajstić information content (AvgIpc) is 2.17. The lowest BCUT2D eigenvalue weighted by atomic mass is 9.75. The molecule has 1 fully saturated rings. The molecule has 1 N–H and O–H groups in total. The first-order valence-electron chi connectivity index (χ1n) is 5.22. The van der Waals surface area contributed by atoms with Crippen molar-refractivity contribution in [3.63, 3.8) is 0 Å². The van der Waals surface area contributed by atoms with Crippen LogP contribution in [0.25, 0.3) is 0 Å². The predicted octanol–water partition coefficient (Wildman–Crippen LogP) is 2.33. The lowest BCUT2D eigenvalue weighted by Gasteiger charge is -2.31. The molecular weight excluding hydrogens is 162 g/mol. The lowest BCUT2D eigenvalue weighted by molar-refractivity contribution is 0.0837. The van der Waals surface area contributed by atoms with E-state index >= 15 is 0 Å². The van der Waals surface area contributed by atoms with Gasteiger partial charge in [-0.2, -0.15) is 5.26 Å². The molecule has 0 heterocycles. The van der Waals surface area contributed by atoms with Crippen LogP contribution in [-0.4, -0.2) is 11.2 Å². The largest absolute Gasteiger partial charge is 0.393 e. The Morgan fingerprint density at radius 3 is 2.00 bits per heavy atom. The zero-order valence-corrected chi connectivity index (χ0v) is 8.53. The van der Waals surface area contributed by atoms with Crippen LogP contribution < -0.4 is 0 Å². The molecular formula is C11H19NO. The molecule has 0 aliphatic heterocycles. The van der Waals surface area contributed by atoms with Crippen molar-refractivity contribution in [1.29, 1.82) is 5.26 Å². The van der Waals surface area contributed by atoms with Crippen molar-refractivity contribution in [3.8, 4) is 6.07 Å². The molecule has 74 valence electrons. The molecule has 1 rings (SSSR count). The van der Waals surface area contributed by atoms with E-state index in [9.17, 15) is 5.11 Å². The van der Waals surface area contributed by atoms with Crippen LogP contribution in [0, 0.1) is 29.1 Å². The number of hydrogen-bond donors (Lipinski definition) is 1. The van der Waals surface area contributed by atoms with Crippen LogP contribution in [0.2, 0.25) is 0 Å². The Bertz CT molecular complexity index is 187. The lowest BCUT2D eigenvalue weighted by Crippen LogP contribution is -2.25. The van der Waals surface area contributed by atoms with Gasteiger partial charge in [0.05, 0.1) is 12.2 Å². The Morgan fingerprint density at radius 2 is 1.62 bits per heavy atom. The van der Waals surface area contributed by atoms with Gasteiger partial charge in [-0.25, -0.2) is 0 Å². The quantitative estimate of drug-likeness (QED) is 0.710. The summed E-state index contributed by atoms with van der Waals surface area (Å²) in [7, 11) is 0. The second-order valence-electron chi connectivity index (χ2n) is 4.33. The number of aliphatic hydroxyl groups excluding tert-OH is 1. The maximum absolute atomic E-state index is 9.39. The van der Waals surface area contributed by atoms with E-state index in [0.29, 0.717) is 11.8 Å². The third kappa shape index (κ3) is 2.70. The second-order valence-corrected chi connectivity index (χ2v) is 4.33. The highest BCUT2D eigenvalue weighted by atomic mass is 16.3. The van der Waals surface area contributed by atoms with Crippen molar-refractivity contribution < 1.29 is 5.11 Å².